The fourth-order valence-corrected chi connectivity index (χ4v) is 3.39. The molecule has 2 amide bonds. The summed E-state index contributed by atoms with van der Waals surface area (Å²) in [5.74, 6) is -1.84. The van der Waals surface area contributed by atoms with Crippen molar-refractivity contribution in [2.75, 3.05) is 46.1 Å². The van der Waals surface area contributed by atoms with Crippen molar-refractivity contribution in [2.24, 2.45) is 0 Å². The van der Waals surface area contributed by atoms with Gasteiger partial charge in [-0.2, -0.15) is 0 Å². The Hall–Kier alpha value is -1.89. The third-order valence-electron chi connectivity index (χ3n) is 5.37. The third kappa shape index (κ3) is 7.63. The molecule has 31 heavy (non-hydrogen) atoms. The number of amides is 2. The number of carboxylic acids is 1. The summed E-state index contributed by atoms with van der Waals surface area (Å²) in [6.45, 7) is 5.56. The minimum absolute atomic E-state index is 0. The van der Waals surface area contributed by atoms with Gasteiger partial charge in [0.05, 0.1) is 45.0 Å². The molecule has 2 aliphatic rings. The van der Waals surface area contributed by atoms with Crippen LogP contribution in [-0.2, 0) is 30.3 Å². The first-order valence-electron chi connectivity index (χ1n) is 10.2. The molecular formula is C21H28LiN3O6. The van der Waals surface area contributed by atoms with Crippen molar-refractivity contribution >= 4 is 17.8 Å². The van der Waals surface area contributed by atoms with Gasteiger partial charge in [-0.3, -0.25) is 14.5 Å². The second-order valence-electron chi connectivity index (χ2n) is 7.74. The van der Waals surface area contributed by atoms with Gasteiger partial charge in [0.2, 0.25) is 11.8 Å². The molecule has 2 atom stereocenters. The standard InChI is InChI=1S/C21H29N3O6.Li/c1-14(22-19(25)11-24-6-8-29-9-7-24)20(26)23-18(21(27)28)10-15-2-4-16(5-3-15)17-12-30-13-17;/h2-5,14,17-18H,6-13H2,1H3,(H,22,25)(H,23,26)(H,27,28);/q;+1/p-1/t14-,18-;/m0./s1. The first-order chi connectivity index (χ1) is 14.4. The molecule has 2 N–H and O–H groups in total. The molecular weight excluding hydrogens is 397 g/mol. The van der Waals surface area contributed by atoms with Gasteiger partial charge < -0.3 is 30.0 Å². The van der Waals surface area contributed by atoms with E-state index >= 15 is 0 Å². The van der Waals surface area contributed by atoms with Gasteiger partial charge >= 0.3 is 18.9 Å². The Morgan fingerprint density at radius 3 is 2.29 bits per heavy atom. The molecule has 0 aromatic heterocycles. The molecule has 9 nitrogen and oxygen atoms in total. The summed E-state index contributed by atoms with van der Waals surface area (Å²) in [4.78, 5) is 38.0. The van der Waals surface area contributed by atoms with Crippen molar-refractivity contribution < 1.29 is 47.8 Å². The minimum atomic E-state index is -1.37. The molecule has 0 radical (unpaired) electrons. The van der Waals surface area contributed by atoms with E-state index in [2.05, 4.69) is 10.6 Å². The van der Waals surface area contributed by atoms with Crippen LogP contribution in [0.3, 0.4) is 0 Å². The topological polar surface area (TPSA) is 120 Å². The number of nitrogens with zero attached hydrogens (tertiary/aromatic N) is 1. The fraction of sp³-hybridized carbons (Fsp3) is 0.571. The van der Waals surface area contributed by atoms with Crippen LogP contribution in [-0.4, -0.2) is 80.8 Å². The molecule has 0 aliphatic carbocycles. The molecule has 1 aromatic carbocycles. The normalized spacial score (nSPS) is 18.7. The minimum Gasteiger partial charge on any atom is -0.548 e. The Bertz CT molecular complexity index is 750. The number of carbonyl (C=O) groups is 3. The Morgan fingerprint density at radius 1 is 1.10 bits per heavy atom. The largest absolute Gasteiger partial charge is 1.00 e. The van der Waals surface area contributed by atoms with Gasteiger partial charge in [0.15, 0.2) is 0 Å². The molecule has 2 saturated heterocycles. The van der Waals surface area contributed by atoms with Crippen LogP contribution in [0.1, 0.15) is 24.0 Å². The quantitative estimate of drug-likeness (QED) is 0.382. The molecule has 164 valence electrons. The van der Waals surface area contributed by atoms with Gasteiger partial charge in [-0.05, 0) is 24.5 Å². The van der Waals surface area contributed by atoms with Crippen LogP contribution < -0.4 is 34.6 Å². The predicted molar refractivity (Wildman–Crippen MR) is 106 cm³/mol. The molecule has 0 spiro atoms. The van der Waals surface area contributed by atoms with Crippen LogP contribution in [0.15, 0.2) is 24.3 Å². The molecule has 2 fully saturated rings. The smallest absolute Gasteiger partial charge is 0.548 e. The monoisotopic (exact) mass is 425 g/mol. The summed E-state index contributed by atoms with van der Waals surface area (Å²) in [5.41, 5.74) is 1.92. The number of aliphatic carboxylic acids is 1. The molecule has 2 heterocycles. The van der Waals surface area contributed by atoms with Crippen molar-refractivity contribution in [3.63, 3.8) is 0 Å². The van der Waals surface area contributed by atoms with E-state index in [0.717, 1.165) is 11.1 Å². The van der Waals surface area contributed by atoms with Crippen molar-refractivity contribution in [3.05, 3.63) is 35.4 Å². The maximum absolute atomic E-state index is 12.4. The molecule has 10 heteroatoms. The Morgan fingerprint density at radius 2 is 1.74 bits per heavy atom. The van der Waals surface area contributed by atoms with Gasteiger partial charge in [-0.25, -0.2) is 0 Å². The summed E-state index contributed by atoms with van der Waals surface area (Å²) in [5, 5.41) is 16.6. The second kappa shape index (κ2) is 12.2. The number of benzene rings is 1. The van der Waals surface area contributed by atoms with E-state index in [1.54, 1.807) is 0 Å². The van der Waals surface area contributed by atoms with Crippen LogP contribution in [0.25, 0.3) is 0 Å². The summed E-state index contributed by atoms with van der Waals surface area (Å²) in [6, 6.07) is 5.55. The number of hydrogen-bond donors (Lipinski definition) is 2. The molecule has 2 aliphatic heterocycles. The van der Waals surface area contributed by atoms with Gasteiger partial charge in [0, 0.05) is 19.0 Å². The second-order valence-corrected chi connectivity index (χ2v) is 7.74. The van der Waals surface area contributed by atoms with Crippen LogP contribution in [0.4, 0.5) is 0 Å². The number of nitrogens with one attached hydrogen (secondary N) is 2. The number of hydrogen-bond acceptors (Lipinski definition) is 7. The van der Waals surface area contributed by atoms with Crippen LogP contribution in [0.5, 0.6) is 0 Å². The number of morpholine rings is 1. The Kier molecular flexibility index (Phi) is 10.0. The first kappa shape index (κ1) is 25.4. The van der Waals surface area contributed by atoms with Gasteiger partial charge in [-0.15, -0.1) is 0 Å². The summed E-state index contributed by atoms with van der Waals surface area (Å²) >= 11 is 0. The van der Waals surface area contributed by atoms with E-state index in [-0.39, 0.29) is 37.7 Å². The van der Waals surface area contributed by atoms with E-state index < -0.39 is 24.0 Å². The zero-order chi connectivity index (χ0) is 21.5. The summed E-state index contributed by atoms with van der Waals surface area (Å²) in [7, 11) is 0. The van der Waals surface area contributed by atoms with E-state index in [1.165, 1.54) is 6.92 Å². The fourth-order valence-electron chi connectivity index (χ4n) is 3.39. The number of rotatable bonds is 9. The van der Waals surface area contributed by atoms with E-state index in [1.807, 2.05) is 29.2 Å². The zero-order valence-electron chi connectivity index (χ0n) is 18.1. The van der Waals surface area contributed by atoms with E-state index in [4.69, 9.17) is 9.47 Å². The molecule has 3 rings (SSSR count). The molecule has 0 bridgehead atoms. The number of ether oxygens (including phenoxy) is 2. The van der Waals surface area contributed by atoms with Crippen molar-refractivity contribution in [1.29, 1.82) is 0 Å². The van der Waals surface area contributed by atoms with Gasteiger partial charge in [-0.1, -0.05) is 24.3 Å². The number of carbonyl (C=O) groups excluding carboxylic acids is 3. The average Bonchev–Trinajstić information content (AvgIpc) is 2.68. The van der Waals surface area contributed by atoms with Crippen LogP contribution >= 0.6 is 0 Å². The first-order valence-corrected chi connectivity index (χ1v) is 10.2. The molecule has 1 aromatic rings. The summed E-state index contributed by atoms with van der Waals surface area (Å²) < 4.78 is 10.4. The SMILES string of the molecule is C[C@H](NC(=O)CN1CCOCC1)C(=O)N[C@@H](Cc1ccc(C2COC2)cc1)C(=O)[O-].[Li+]. The zero-order valence-corrected chi connectivity index (χ0v) is 18.1. The number of carboxylic acid groups (broad SMARTS) is 1. The molecule has 0 unspecified atom stereocenters. The van der Waals surface area contributed by atoms with Crippen LogP contribution in [0.2, 0.25) is 0 Å². The van der Waals surface area contributed by atoms with Crippen LogP contribution in [0, 0.1) is 0 Å². The Labute approximate surface area is 194 Å². The Balaban J connectivity index is 0.00000341. The maximum atomic E-state index is 12.4. The predicted octanol–water partition coefficient (Wildman–Crippen LogP) is -4.58. The van der Waals surface area contributed by atoms with E-state index in [0.29, 0.717) is 45.4 Å². The van der Waals surface area contributed by atoms with E-state index in [9.17, 15) is 19.5 Å². The third-order valence-corrected chi connectivity index (χ3v) is 5.37. The van der Waals surface area contributed by atoms with Gasteiger partial charge in [0.25, 0.3) is 0 Å². The maximum Gasteiger partial charge on any atom is 1.00 e. The van der Waals surface area contributed by atoms with Crippen molar-refractivity contribution in [1.82, 2.24) is 15.5 Å². The summed E-state index contributed by atoms with van der Waals surface area (Å²) in [6.07, 6.45) is 0.101. The molecule has 0 saturated carbocycles. The van der Waals surface area contributed by atoms with Crippen molar-refractivity contribution in [3.8, 4) is 0 Å². The average molecular weight is 425 g/mol. The van der Waals surface area contributed by atoms with Gasteiger partial charge in [0.1, 0.15) is 6.04 Å². The van der Waals surface area contributed by atoms with Crippen molar-refractivity contribution in [2.45, 2.75) is 31.3 Å².